The van der Waals surface area contributed by atoms with Gasteiger partial charge in [0.2, 0.25) is 0 Å². The van der Waals surface area contributed by atoms with Crippen LogP contribution in [0.4, 0.5) is 0 Å². The molecule has 0 aliphatic carbocycles. The Morgan fingerprint density at radius 1 is 0.737 bits per heavy atom. The Balaban J connectivity index is 0.000000399. The van der Waals surface area contributed by atoms with Gasteiger partial charge in [-0.3, -0.25) is 0 Å². The van der Waals surface area contributed by atoms with Gasteiger partial charge in [-0.2, -0.15) is 0 Å². The topological polar surface area (TPSA) is 36.9 Å². The van der Waals surface area contributed by atoms with E-state index in [4.69, 9.17) is 16.5 Å². The molecule has 116 valence electrons. The molecule has 9 heteroatoms. The molecule has 0 bridgehead atoms. The van der Waals surface area contributed by atoms with E-state index in [1.165, 1.54) is 0 Å². The molecule has 1 saturated heterocycles. The van der Waals surface area contributed by atoms with Crippen LogP contribution < -0.4 is 0 Å². The van der Waals surface area contributed by atoms with Crippen LogP contribution in [-0.2, 0) is 16.5 Å². The number of hydrogen-bond acceptors (Lipinski definition) is 4. The van der Waals surface area contributed by atoms with E-state index >= 15 is 0 Å². The van der Waals surface area contributed by atoms with Gasteiger partial charge in [0, 0.05) is 0 Å². The summed E-state index contributed by atoms with van der Waals surface area (Å²) in [6.45, 7) is 21.4. The van der Waals surface area contributed by atoms with E-state index in [0.717, 1.165) is 0 Å². The minimum absolute atomic E-state index is 0.128. The molecule has 0 amide bonds. The monoisotopic (exact) mass is 356 g/mol. The van der Waals surface area contributed by atoms with Crippen molar-refractivity contribution in [3.05, 3.63) is 0 Å². The van der Waals surface area contributed by atoms with Crippen LogP contribution in [0.2, 0.25) is 65.5 Å². The Bertz CT molecular complexity index is 243. The molecule has 0 aromatic heterocycles. The lowest BCUT2D eigenvalue weighted by Crippen LogP contribution is -2.64. The van der Waals surface area contributed by atoms with Crippen molar-refractivity contribution in [3.8, 4) is 0 Å². The zero-order chi connectivity index (χ0) is 15.5. The zero-order valence-electron chi connectivity index (χ0n) is 14.3. The van der Waals surface area contributed by atoms with E-state index in [2.05, 4.69) is 65.5 Å². The molecule has 1 aliphatic heterocycles. The summed E-state index contributed by atoms with van der Waals surface area (Å²) in [5.41, 5.74) is 0. The highest BCUT2D eigenvalue weighted by Crippen LogP contribution is 2.29. The van der Waals surface area contributed by atoms with Gasteiger partial charge < -0.3 is 16.5 Å². The smallest absolute Gasteiger partial charge is 0.314 e. The molecule has 0 spiro atoms. The zero-order valence-corrected chi connectivity index (χ0v) is 19.8. The summed E-state index contributed by atoms with van der Waals surface area (Å²) in [5.74, 6) is 0. The van der Waals surface area contributed by atoms with Crippen LogP contribution >= 0.6 is 0 Å². The van der Waals surface area contributed by atoms with E-state index in [1.54, 1.807) is 0 Å². The van der Waals surface area contributed by atoms with Crippen LogP contribution in [0.3, 0.4) is 0 Å². The first-order chi connectivity index (χ1) is 8.18. The van der Waals surface area contributed by atoms with Gasteiger partial charge in [0.25, 0.3) is 0 Å². The van der Waals surface area contributed by atoms with E-state index < -0.39 is 34.0 Å². The summed E-state index contributed by atoms with van der Waals surface area (Å²) in [6.07, 6.45) is 0. The average molecular weight is 357 g/mol. The normalized spacial score (nSPS) is 24.9. The van der Waals surface area contributed by atoms with Crippen LogP contribution in [-0.4, -0.2) is 43.8 Å². The Morgan fingerprint density at radius 3 is 1.11 bits per heavy atom. The van der Waals surface area contributed by atoms with Crippen LogP contribution in [0, 0.1) is 0 Å². The molecular weight excluding hydrogens is 325 g/mol. The average Bonchev–Trinajstić information content (AvgIpc) is 1.90. The van der Waals surface area contributed by atoms with Crippen LogP contribution in [0.25, 0.3) is 0 Å². The molecule has 0 unspecified atom stereocenters. The van der Waals surface area contributed by atoms with E-state index in [0.29, 0.717) is 0 Å². The molecule has 1 fully saturated rings. The molecule has 1 heterocycles. The second-order valence-corrected chi connectivity index (χ2v) is 23.9. The van der Waals surface area contributed by atoms with Gasteiger partial charge in [0.05, 0.1) is 0 Å². The summed E-state index contributed by atoms with van der Waals surface area (Å²) >= 11 is 0. The highest BCUT2D eigenvalue weighted by Gasteiger charge is 2.49. The highest BCUT2D eigenvalue weighted by atomic mass is 28.5. The van der Waals surface area contributed by atoms with Crippen LogP contribution in [0.1, 0.15) is 0 Å². The third-order valence-corrected chi connectivity index (χ3v) is 18.5. The van der Waals surface area contributed by atoms with E-state index in [9.17, 15) is 0 Å². The lowest BCUT2D eigenvalue weighted by molar-refractivity contribution is 0.238. The maximum atomic E-state index is 5.86. The van der Waals surface area contributed by atoms with Crippen molar-refractivity contribution >= 4 is 43.8 Å². The minimum Gasteiger partial charge on any atom is -0.461 e. The van der Waals surface area contributed by atoms with Crippen molar-refractivity contribution in [3.63, 3.8) is 0 Å². The van der Waals surface area contributed by atoms with Crippen molar-refractivity contribution in [1.82, 2.24) is 0 Å². The molecule has 0 aromatic rings. The third-order valence-electron chi connectivity index (χ3n) is 2.05. The van der Waals surface area contributed by atoms with Crippen molar-refractivity contribution < 1.29 is 16.5 Å². The van der Waals surface area contributed by atoms with E-state index in [-0.39, 0.29) is 9.76 Å². The Morgan fingerprint density at radius 2 is 1.00 bits per heavy atom. The van der Waals surface area contributed by atoms with Crippen molar-refractivity contribution in [2.24, 2.45) is 0 Å². The fourth-order valence-corrected chi connectivity index (χ4v) is 21.6. The molecule has 1 aliphatic rings. The molecule has 1 rings (SSSR count). The fraction of sp³-hybridized carbons (Fsp3) is 1.00. The molecule has 0 N–H and O–H groups in total. The Hall–Kier alpha value is 0.924. The summed E-state index contributed by atoms with van der Waals surface area (Å²) in [6, 6.07) is 0. The lowest BCUT2D eigenvalue weighted by atomic mass is 11.8. The summed E-state index contributed by atoms with van der Waals surface area (Å²) in [4.78, 5) is 0. The first-order valence-corrected chi connectivity index (χ1v) is 20.8. The maximum absolute atomic E-state index is 5.86. The summed E-state index contributed by atoms with van der Waals surface area (Å²) in [7, 11) is -6.81. The van der Waals surface area contributed by atoms with Gasteiger partial charge >= 0.3 is 25.7 Å². The van der Waals surface area contributed by atoms with Crippen molar-refractivity contribution in [2.45, 2.75) is 65.5 Å². The van der Waals surface area contributed by atoms with Crippen LogP contribution in [0.5, 0.6) is 0 Å². The molecule has 0 aromatic carbocycles. The van der Waals surface area contributed by atoms with Gasteiger partial charge in [-0.25, -0.2) is 0 Å². The first-order valence-electron chi connectivity index (χ1n) is 6.92. The fourth-order valence-electron chi connectivity index (χ4n) is 2.27. The third kappa shape index (κ3) is 10.3. The quantitative estimate of drug-likeness (QED) is 0.712. The predicted octanol–water partition coefficient (Wildman–Crippen LogP) is 3.13. The minimum atomic E-state index is -1.86. The second kappa shape index (κ2) is 6.79. The van der Waals surface area contributed by atoms with Gasteiger partial charge in [0.1, 0.15) is 9.76 Å². The molecule has 19 heavy (non-hydrogen) atoms. The second-order valence-electron chi connectivity index (χ2n) is 7.05. The standard InChI is InChI=1S/C6H18O3Si3.C4H14OSi2/c1-10(2)7-11(3,4)9-12(5,6)8-10;1-6-5-7(2,3)4/h1-6H3;6H2,1-4H3. The summed E-state index contributed by atoms with van der Waals surface area (Å²) < 4.78 is 23.1. The molecule has 0 atom stereocenters. The van der Waals surface area contributed by atoms with Crippen LogP contribution in [0.15, 0.2) is 0 Å². The van der Waals surface area contributed by atoms with Gasteiger partial charge in [0.15, 0.2) is 8.32 Å². The lowest BCUT2D eigenvalue weighted by Gasteiger charge is -2.46. The molecule has 4 nitrogen and oxygen atoms in total. The largest absolute Gasteiger partial charge is 0.461 e. The molecule has 0 saturated carbocycles. The van der Waals surface area contributed by atoms with Gasteiger partial charge in [-0.1, -0.05) is 6.55 Å². The summed E-state index contributed by atoms with van der Waals surface area (Å²) in [5, 5.41) is 0. The van der Waals surface area contributed by atoms with Gasteiger partial charge in [-0.15, -0.1) is 0 Å². The number of hydrogen-bond donors (Lipinski definition) is 0. The Labute approximate surface area is 126 Å². The molecule has 0 radical (unpaired) electrons. The first kappa shape index (κ1) is 19.9. The Kier molecular flexibility index (Phi) is 7.12. The van der Waals surface area contributed by atoms with Gasteiger partial charge in [-0.05, 0) is 58.9 Å². The molecular formula is C10H32O4Si5. The van der Waals surface area contributed by atoms with Crippen molar-refractivity contribution in [2.75, 3.05) is 0 Å². The number of rotatable bonds is 2. The SMILES string of the molecule is C[SiH2]O[Si](C)(C)C.C[Si]1(C)O[Si](C)(C)O[Si](C)(C)O1. The predicted molar refractivity (Wildman–Crippen MR) is 94.5 cm³/mol. The van der Waals surface area contributed by atoms with Crippen molar-refractivity contribution in [1.29, 1.82) is 0 Å². The van der Waals surface area contributed by atoms with E-state index in [1.807, 2.05) is 0 Å². The highest BCUT2D eigenvalue weighted by molar-refractivity contribution is 6.92. The maximum Gasteiger partial charge on any atom is 0.314 e.